The zero-order chi connectivity index (χ0) is 23.9. The molecule has 33 heavy (non-hydrogen) atoms. The van der Waals surface area contributed by atoms with E-state index < -0.39 is 37.3 Å². The summed E-state index contributed by atoms with van der Waals surface area (Å²) >= 11 is 0. The summed E-state index contributed by atoms with van der Waals surface area (Å²) in [5.74, 6) is 0.959. The zero-order valence-corrected chi connectivity index (χ0v) is 18.3. The highest BCUT2D eigenvalue weighted by Gasteiger charge is 2.45. The molecular weight excluding hydrogens is 436 g/mol. The van der Waals surface area contributed by atoms with E-state index in [-0.39, 0.29) is 23.0 Å². The number of aromatic hydroxyl groups is 1. The number of rotatable bonds is 6. The van der Waals surface area contributed by atoms with E-state index in [1.807, 2.05) is 0 Å². The maximum Gasteiger partial charge on any atom is 0.229 e. The molecule has 10 nitrogen and oxygen atoms in total. The molecule has 0 saturated carbocycles. The number of aliphatic hydroxyl groups excluding tert-OH is 4. The minimum absolute atomic E-state index is 0.00199. The fraction of sp³-hybridized carbons (Fsp3) is 0.391. The molecule has 0 aromatic heterocycles. The number of ether oxygens (including phenoxy) is 5. The highest BCUT2D eigenvalue weighted by atomic mass is 16.7. The number of hydrogen-bond donors (Lipinski definition) is 5. The normalized spacial score (nSPS) is 25.2. The molecule has 4 rings (SSSR count). The van der Waals surface area contributed by atoms with Crippen LogP contribution >= 0.6 is 0 Å². The lowest BCUT2D eigenvalue weighted by molar-refractivity contribution is -0.277. The van der Waals surface area contributed by atoms with Gasteiger partial charge in [-0.25, -0.2) is 0 Å². The van der Waals surface area contributed by atoms with Crippen LogP contribution in [0.4, 0.5) is 0 Å². The molecule has 0 radical (unpaired) electrons. The minimum Gasteiger partial charge on any atom is -0.504 e. The first-order valence-electron chi connectivity index (χ1n) is 10.2. The lowest BCUT2D eigenvalue weighted by atomic mass is 9.98. The molecule has 5 N–H and O–H groups in total. The molecule has 10 heteroatoms. The molecule has 1 heterocycles. The lowest BCUT2D eigenvalue weighted by Crippen LogP contribution is -2.60. The van der Waals surface area contributed by atoms with Crippen LogP contribution in [0.2, 0.25) is 0 Å². The average Bonchev–Trinajstić information content (AvgIpc) is 2.82. The number of hydrogen-bond acceptors (Lipinski definition) is 10. The van der Waals surface area contributed by atoms with Gasteiger partial charge in [0.05, 0.1) is 27.9 Å². The quantitative estimate of drug-likeness (QED) is 0.335. The standard InChI is InChI=1S/C23H26O10/c1-29-14-8-12-10(6-13(14)25)4-5-11-7-15(21(30-2)22(31-3)17(11)12)32-23-20(28)19(27)18(26)16(9-24)33-23/h4-8,16,18-20,23-28H,9H2,1-3H3/t16-,18-,19-,20-,23-/m1/s1. The Bertz CT molecular complexity index is 1160. The van der Waals surface area contributed by atoms with Crippen molar-refractivity contribution in [3.63, 3.8) is 0 Å². The predicted octanol–water partition coefficient (Wildman–Crippen LogP) is 0.903. The van der Waals surface area contributed by atoms with E-state index in [1.54, 1.807) is 30.3 Å². The molecule has 1 aliphatic heterocycles. The molecule has 3 aromatic carbocycles. The van der Waals surface area contributed by atoms with Crippen LogP contribution < -0.4 is 18.9 Å². The van der Waals surface area contributed by atoms with Crippen LogP contribution in [0.1, 0.15) is 0 Å². The Morgan fingerprint density at radius 1 is 0.818 bits per heavy atom. The van der Waals surface area contributed by atoms with Crippen molar-refractivity contribution in [1.29, 1.82) is 0 Å². The van der Waals surface area contributed by atoms with Crippen molar-refractivity contribution in [2.45, 2.75) is 30.7 Å². The number of fused-ring (bicyclic) bond motifs is 3. The summed E-state index contributed by atoms with van der Waals surface area (Å²) in [6.07, 6.45) is -7.19. The van der Waals surface area contributed by atoms with Crippen LogP contribution in [0, 0.1) is 0 Å². The van der Waals surface area contributed by atoms with Gasteiger partial charge in [-0.05, 0) is 34.4 Å². The SMILES string of the molecule is COc1cc2c(ccc3cc(O[C@@H]4O[C@H](CO)[C@@H](O)[C@@H](O)[C@H]4O)c(OC)c(OC)c32)cc1O. The van der Waals surface area contributed by atoms with E-state index >= 15 is 0 Å². The van der Waals surface area contributed by atoms with Gasteiger partial charge in [-0.3, -0.25) is 0 Å². The highest BCUT2D eigenvalue weighted by molar-refractivity contribution is 6.13. The summed E-state index contributed by atoms with van der Waals surface area (Å²) < 4.78 is 27.8. The minimum atomic E-state index is -1.59. The first kappa shape index (κ1) is 23.1. The van der Waals surface area contributed by atoms with E-state index in [1.165, 1.54) is 21.3 Å². The molecular formula is C23H26O10. The number of benzene rings is 3. The van der Waals surface area contributed by atoms with Gasteiger partial charge in [-0.1, -0.05) is 12.1 Å². The van der Waals surface area contributed by atoms with Gasteiger partial charge in [0.15, 0.2) is 23.0 Å². The first-order valence-corrected chi connectivity index (χ1v) is 10.2. The van der Waals surface area contributed by atoms with Crippen LogP contribution in [0.25, 0.3) is 21.5 Å². The van der Waals surface area contributed by atoms with Crippen LogP contribution in [-0.2, 0) is 4.74 Å². The number of methoxy groups -OCH3 is 3. The van der Waals surface area contributed by atoms with Crippen molar-refractivity contribution in [1.82, 2.24) is 0 Å². The van der Waals surface area contributed by atoms with Crippen molar-refractivity contribution in [3.8, 4) is 28.7 Å². The topological polar surface area (TPSA) is 147 Å². The summed E-state index contributed by atoms with van der Waals surface area (Å²) in [4.78, 5) is 0. The maximum absolute atomic E-state index is 10.4. The van der Waals surface area contributed by atoms with Gasteiger partial charge in [0, 0.05) is 5.39 Å². The van der Waals surface area contributed by atoms with E-state index in [0.29, 0.717) is 16.5 Å². The molecule has 1 aliphatic rings. The summed E-state index contributed by atoms with van der Waals surface area (Å²) in [6.45, 7) is -0.580. The Morgan fingerprint density at radius 2 is 1.52 bits per heavy atom. The van der Waals surface area contributed by atoms with E-state index in [2.05, 4.69) is 0 Å². The first-order chi connectivity index (χ1) is 15.8. The summed E-state index contributed by atoms with van der Waals surface area (Å²) in [5.41, 5.74) is 0. The van der Waals surface area contributed by atoms with Gasteiger partial charge in [-0.15, -0.1) is 0 Å². The van der Waals surface area contributed by atoms with Gasteiger partial charge >= 0.3 is 0 Å². The third-order valence-electron chi connectivity index (χ3n) is 5.79. The molecule has 0 bridgehead atoms. The largest absolute Gasteiger partial charge is 0.504 e. The van der Waals surface area contributed by atoms with Gasteiger partial charge in [-0.2, -0.15) is 0 Å². The van der Waals surface area contributed by atoms with E-state index in [9.17, 15) is 25.5 Å². The number of aliphatic hydroxyl groups is 4. The van der Waals surface area contributed by atoms with Crippen LogP contribution in [0.15, 0.2) is 30.3 Å². The number of phenols is 1. The molecule has 0 spiro atoms. The maximum atomic E-state index is 10.4. The summed E-state index contributed by atoms with van der Waals surface area (Å²) in [5, 5.41) is 52.9. The Morgan fingerprint density at radius 3 is 2.15 bits per heavy atom. The Hall–Kier alpha value is -3.02. The van der Waals surface area contributed by atoms with Crippen molar-refractivity contribution >= 4 is 21.5 Å². The second-order valence-corrected chi connectivity index (χ2v) is 7.67. The van der Waals surface area contributed by atoms with Crippen molar-refractivity contribution in [3.05, 3.63) is 30.3 Å². The van der Waals surface area contributed by atoms with Gasteiger partial charge < -0.3 is 49.2 Å². The third-order valence-corrected chi connectivity index (χ3v) is 5.79. The molecule has 1 saturated heterocycles. The number of phenolic OH excluding ortho intramolecular Hbond substituents is 1. The van der Waals surface area contributed by atoms with Gasteiger partial charge in [0.25, 0.3) is 0 Å². The summed E-state index contributed by atoms with van der Waals surface area (Å²) in [7, 11) is 4.34. The Kier molecular flexibility index (Phi) is 6.37. The monoisotopic (exact) mass is 462 g/mol. The lowest BCUT2D eigenvalue weighted by Gasteiger charge is -2.39. The second-order valence-electron chi connectivity index (χ2n) is 7.67. The van der Waals surface area contributed by atoms with Crippen LogP contribution in [0.3, 0.4) is 0 Å². The van der Waals surface area contributed by atoms with Crippen LogP contribution in [-0.4, -0.2) is 84.2 Å². The van der Waals surface area contributed by atoms with Gasteiger partial charge in [0.1, 0.15) is 24.4 Å². The molecule has 0 unspecified atom stereocenters. The molecule has 178 valence electrons. The van der Waals surface area contributed by atoms with Crippen molar-refractivity contribution in [2.24, 2.45) is 0 Å². The Labute approximate surface area is 189 Å². The fourth-order valence-electron chi connectivity index (χ4n) is 4.09. The predicted molar refractivity (Wildman–Crippen MR) is 117 cm³/mol. The second kappa shape index (κ2) is 9.08. The molecule has 3 aromatic rings. The molecule has 5 atom stereocenters. The van der Waals surface area contributed by atoms with E-state index in [0.717, 1.165) is 10.8 Å². The van der Waals surface area contributed by atoms with Crippen molar-refractivity contribution in [2.75, 3.05) is 27.9 Å². The molecule has 1 fully saturated rings. The fourth-order valence-corrected chi connectivity index (χ4v) is 4.09. The smallest absolute Gasteiger partial charge is 0.229 e. The molecule has 0 aliphatic carbocycles. The van der Waals surface area contributed by atoms with E-state index in [4.69, 9.17) is 23.7 Å². The zero-order valence-electron chi connectivity index (χ0n) is 18.3. The Balaban J connectivity index is 1.86. The van der Waals surface area contributed by atoms with Crippen LogP contribution in [0.5, 0.6) is 28.7 Å². The molecule has 0 amide bonds. The average molecular weight is 462 g/mol. The van der Waals surface area contributed by atoms with Gasteiger partial charge in [0.2, 0.25) is 12.0 Å². The van der Waals surface area contributed by atoms with Crippen molar-refractivity contribution < 1.29 is 49.2 Å². The highest BCUT2D eigenvalue weighted by Crippen LogP contribution is 2.48. The summed E-state index contributed by atoms with van der Waals surface area (Å²) in [6, 6.07) is 8.52. The third kappa shape index (κ3) is 3.85.